The van der Waals surface area contributed by atoms with Crippen LogP contribution in [0.1, 0.15) is 53.2 Å². The van der Waals surface area contributed by atoms with Gasteiger partial charge in [-0.2, -0.15) is 9.97 Å². The standard InChI is InChI=1S/C32H41F2N9O2/c1-20-18-43(21(2)17-42(20)27(22-7-11-24(33)12-8-22)23-9-13-25(34)14-10-23)29-26-28(37-30(38-29)39-35)41(19-36-26)16-15-40(6)31(44)45-32(3,4)5/h7-14,19-21,27H,15-18,35H2,1-6H3,(H,37,38,39)/t20-,21+/m1/s1/i19D. The number of nitrogens with two attached hydrogens (primary N) is 1. The molecule has 5 rings (SSSR count). The summed E-state index contributed by atoms with van der Waals surface area (Å²) < 4.78 is 43.5. The van der Waals surface area contributed by atoms with Crippen LogP contribution >= 0.6 is 0 Å². The van der Waals surface area contributed by atoms with Crippen molar-refractivity contribution in [1.82, 2.24) is 29.3 Å². The zero-order valence-corrected chi connectivity index (χ0v) is 26.5. The maximum atomic E-state index is 13.9. The van der Waals surface area contributed by atoms with Crippen LogP contribution < -0.4 is 16.2 Å². The number of imidazole rings is 1. The van der Waals surface area contributed by atoms with Crippen molar-refractivity contribution in [2.75, 3.05) is 37.0 Å². The fourth-order valence-electron chi connectivity index (χ4n) is 5.65. The van der Waals surface area contributed by atoms with Crippen molar-refractivity contribution in [2.24, 2.45) is 5.84 Å². The van der Waals surface area contributed by atoms with Gasteiger partial charge in [-0.05, 0) is 70.0 Å². The van der Waals surface area contributed by atoms with Gasteiger partial charge in [0.15, 0.2) is 17.0 Å². The van der Waals surface area contributed by atoms with E-state index in [0.717, 1.165) is 11.1 Å². The monoisotopic (exact) mass is 622 g/mol. The number of nitrogens with zero attached hydrogens (tertiary/aromatic N) is 7. The molecule has 2 atom stereocenters. The van der Waals surface area contributed by atoms with Crippen molar-refractivity contribution in [3.05, 3.63) is 77.6 Å². The summed E-state index contributed by atoms with van der Waals surface area (Å²) in [6.45, 7) is 11.2. The van der Waals surface area contributed by atoms with Crippen LogP contribution in [-0.2, 0) is 11.3 Å². The Bertz CT molecular complexity index is 1630. The molecule has 1 aliphatic heterocycles. The van der Waals surface area contributed by atoms with E-state index in [-0.39, 0.29) is 55.1 Å². The van der Waals surface area contributed by atoms with Crippen molar-refractivity contribution in [3.8, 4) is 0 Å². The minimum absolute atomic E-state index is 0.0238. The molecule has 0 unspecified atom stereocenters. The normalized spacial score (nSPS) is 17.9. The van der Waals surface area contributed by atoms with E-state index in [9.17, 15) is 13.6 Å². The highest BCUT2D eigenvalue weighted by Crippen LogP contribution is 2.36. The minimum Gasteiger partial charge on any atom is -0.444 e. The maximum Gasteiger partial charge on any atom is 0.410 e. The number of likely N-dealkylation sites (N-methyl/N-ethyl adjacent to an activating group) is 1. The number of halogens is 2. The lowest BCUT2D eigenvalue weighted by atomic mass is 9.93. The highest BCUT2D eigenvalue weighted by atomic mass is 19.1. The molecule has 3 heterocycles. The van der Waals surface area contributed by atoms with Crippen LogP contribution in [0.15, 0.2) is 54.8 Å². The second-order valence-electron chi connectivity index (χ2n) is 12.5. The number of carbonyl (C=O) groups is 1. The molecule has 4 aromatic rings. The Morgan fingerprint density at radius 1 is 1.07 bits per heavy atom. The molecule has 2 aromatic heterocycles. The first-order valence-electron chi connectivity index (χ1n) is 15.4. The lowest BCUT2D eigenvalue weighted by molar-refractivity contribution is 0.0294. The predicted octanol–water partition coefficient (Wildman–Crippen LogP) is 4.95. The first-order chi connectivity index (χ1) is 21.8. The number of nitrogens with one attached hydrogen (secondary N) is 1. The number of hydrogen-bond acceptors (Lipinski definition) is 9. The minimum atomic E-state index is -0.632. The SMILES string of the molecule is [2H]c1nc2c(N3C[C@@H](C)N(C(c4ccc(F)cc4)c4ccc(F)cc4)C[C@@H]3C)nc(NN)nc2n1CCN(C)C(=O)OC(C)(C)C. The van der Waals surface area contributed by atoms with Gasteiger partial charge in [0.25, 0.3) is 0 Å². The van der Waals surface area contributed by atoms with Crippen molar-refractivity contribution < 1.29 is 19.7 Å². The third-order valence-electron chi connectivity index (χ3n) is 7.89. The van der Waals surface area contributed by atoms with Gasteiger partial charge >= 0.3 is 6.09 Å². The first-order valence-corrected chi connectivity index (χ1v) is 14.9. The molecule has 0 bridgehead atoms. The van der Waals surface area contributed by atoms with Crippen LogP contribution in [-0.4, -0.2) is 79.8 Å². The van der Waals surface area contributed by atoms with Gasteiger partial charge in [0, 0.05) is 45.3 Å². The van der Waals surface area contributed by atoms with Gasteiger partial charge < -0.3 is 19.1 Å². The van der Waals surface area contributed by atoms with Gasteiger partial charge in [-0.25, -0.2) is 24.4 Å². The molecule has 0 saturated carbocycles. The number of carbonyl (C=O) groups excluding carboxylic acids is 1. The van der Waals surface area contributed by atoms with Crippen LogP contribution in [0.25, 0.3) is 11.2 Å². The van der Waals surface area contributed by atoms with Crippen molar-refractivity contribution >= 4 is 29.0 Å². The van der Waals surface area contributed by atoms with E-state index in [2.05, 4.69) is 44.0 Å². The summed E-state index contributed by atoms with van der Waals surface area (Å²) >= 11 is 0. The van der Waals surface area contributed by atoms with Gasteiger partial charge in [0.2, 0.25) is 5.95 Å². The Balaban J connectivity index is 1.45. The lowest BCUT2D eigenvalue weighted by Gasteiger charge is -2.48. The number of piperazine rings is 1. The Kier molecular flexibility index (Phi) is 8.81. The number of hydrazine groups is 1. The van der Waals surface area contributed by atoms with E-state index < -0.39 is 11.7 Å². The van der Waals surface area contributed by atoms with Crippen LogP contribution in [0, 0.1) is 11.6 Å². The quantitative estimate of drug-likeness (QED) is 0.208. The van der Waals surface area contributed by atoms with E-state index in [1.807, 2.05) is 0 Å². The maximum absolute atomic E-state index is 13.9. The molecule has 1 saturated heterocycles. The van der Waals surface area contributed by atoms with E-state index in [1.54, 1.807) is 56.7 Å². The average molecular weight is 623 g/mol. The fourth-order valence-corrected chi connectivity index (χ4v) is 5.65. The summed E-state index contributed by atoms with van der Waals surface area (Å²) in [5.41, 5.74) is 4.57. The zero-order valence-electron chi connectivity index (χ0n) is 27.5. The average Bonchev–Trinajstić information content (AvgIpc) is 3.32. The number of aromatic nitrogens is 4. The molecule has 1 amide bonds. The molecular weight excluding hydrogens is 580 g/mol. The van der Waals surface area contributed by atoms with Crippen molar-refractivity contribution in [1.29, 1.82) is 0 Å². The number of fused-ring (bicyclic) bond motifs is 1. The number of anilines is 2. The summed E-state index contributed by atoms with van der Waals surface area (Å²) in [6, 6.07) is 12.5. The molecule has 13 heteroatoms. The first kappa shape index (κ1) is 30.7. The number of amides is 1. The van der Waals surface area contributed by atoms with Gasteiger partial charge in [-0.15, -0.1) is 0 Å². The molecule has 0 radical (unpaired) electrons. The van der Waals surface area contributed by atoms with E-state index >= 15 is 0 Å². The number of benzene rings is 2. The summed E-state index contributed by atoms with van der Waals surface area (Å²) in [6.07, 6.45) is -0.493. The molecular formula is C32H41F2N9O2. The Morgan fingerprint density at radius 3 is 2.22 bits per heavy atom. The summed E-state index contributed by atoms with van der Waals surface area (Å²) in [7, 11) is 1.64. The number of rotatable bonds is 8. The lowest BCUT2D eigenvalue weighted by Crippen LogP contribution is -2.57. The highest BCUT2D eigenvalue weighted by molar-refractivity contribution is 5.85. The Morgan fingerprint density at radius 2 is 1.67 bits per heavy atom. The van der Waals surface area contributed by atoms with Gasteiger partial charge in [-0.1, -0.05) is 24.3 Å². The molecule has 240 valence electrons. The van der Waals surface area contributed by atoms with Crippen LogP contribution in [0.3, 0.4) is 0 Å². The largest absolute Gasteiger partial charge is 0.444 e. The summed E-state index contributed by atoms with van der Waals surface area (Å²) in [5, 5.41) is 0. The molecule has 1 aliphatic rings. The molecule has 0 spiro atoms. The molecule has 1 fully saturated rings. The second kappa shape index (κ2) is 12.9. The van der Waals surface area contributed by atoms with E-state index in [4.69, 9.17) is 12.0 Å². The summed E-state index contributed by atoms with van der Waals surface area (Å²) in [4.78, 5) is 32.2. The van der Waals surface area contributed by atoms with Gasteiger partial charge in [-0.3, -0.25) is 10.3 Å². The van der Waals surface area contributed by atoms with Crippen molar-refractivity contribution in [3.63, 3.8) is 0 Å². The van der Waals surface area contributed by atoms with Crippen LogP contribution in [0.4, 0.5) is 25.3 Å². The van der Waals surface area contributed by atoms with Gasteiger partial charge in [0.05, 0.1) is 12.3 Å². The zero-order chi connectivity index (χ0) is 33.3. The fraction of sp³-hybridized carbons (Fsp3) is 0.438. The number of nitrogen functional groups attached to an aromatic ring is 1. The Labute approximate surface area is 263 Å². The molecule has 45 heavy (non-hydrogen) atoms. The topological polar surface area (TPSA) is 118 Å². The van der Waals surface area contributed by atoms with Gasteiger partial charge in [0.1, 0.15) is 18.6 Å². The highest BCUT2D eigenvalue weighted by Gasteiger charge is 2.36. The number of ether oxygens (including phenoxy) is 1. The van der Waals surface area contributed by atoms with Crippen molar-refractivity contribution in [2.45, 2.75) is 64.9 Å². The van der Waals surface area contributed by atoms with E-state index in [1.165, 1.54) is 29.2 Å². The molecule has 3 N–H and O–H groups in total. The third kappa shape index (κ3) is 7.15. The van der Waals surface area contributed by atoms with Crippen LogP contribution in [0.2, 0.25) is 0 Å². The van der Waals surface area contributed by atoms with Crippen LogP contribution in [0.5, 0.6) is 0 Å². The number of hydrogen-bond donors (Lipinski definition) is 2. The Hall–Kier alpha value is -4.36. The molecule has 0 aliphatic carbocycles. The second-order valence-corrected chi connectivity index (χ2v) is 12.5. The third-order valence-corrected chi connectivity index (χ3v) is 7.89. The summed E-state index contributed by atoms with van der Waals surface area (Å²) in [5.74, 6) is 5.84. The molecule has 11 nitrogen and oxygen atoms in total. The molecule has 2 aromatic carbocycles. The predicted molar refractivity (Wildman–Crippen MR) is 170 cm³/mol. The smallest absolute Gasteiger partial charge is 0.410 e. The van der Waals surface area contributed by atoms with E-state index in [0.29, 0.717) is 30.1 Å².